The van der Waals surface area contributed by atoms with Crippen molar-refractivity contribution in [2.24, 2.45) is 0 Å². The van der Waals surface area contributed by atoms with Gasteiger partial charge in [-0.2, -0.15) is 0 Å². The molecule has 0 radical (unpaired) electrons. The topological polar surface area (TPSA) is 77.8 Å². The van der Waals surface area contributed by atoms with Crippen molar-refractivity contribution in [3.8, 4) is 11.5 Å². The number of benzene rings is 1. The number of carboxylic acids is 1. The molecule has 0 aromatic heterocycles. The normalized spacial score (nSPS) is 8.67. The molecule has 0 unspecified atom stereocenters. The number of aromatic hydroxyl groups is 2. The van der Waals surface area contributed by atoms with E-state index in [1.165, 1.54) is 6.07 Å². The molecule has 58 valence electrons. The van der Waals surface area contributed by atoms with Crippen LogP contribution in [0.2, 0.25) is 0 Å². The van der Waals surface area contributed by atoms with E-state index in [1.54, 1.807) is 0 Å². The Hall–Kier alpha value is -0.944. The van der Waals surface area contributed by atoms with Crippen LogP contribution >= 0.6 is 0 Å². The minimum absolute atomic E-state index is 0. The minimum atomic E-state index is -1.27. The summed E-state index contributed by atoms with van der Waals surface area (Å²) in [5, 5.41) is 26.1. The standard InChI is InChI=1S/C7H6O4.Mg/c8-4-1-2-6(9)5(3-4)7(10)11;/h1-3,8-9H,(H,10,11);/q;+2. The van der Waals surface area contributed by atoms with E-state index in [0.717, 1.165) is 12.1 Å². The van der Waals surface area contributed by atoms with Crippen LogP contribution in [-0.4, -0.2) is 44.3 Å². The van der Waals surface area contributed by atoms with Gasteiger partial charge in [-0.1, -0.05) is 0 Å². The third-order valence-corrected chi connectivity index (χ3v) is 1.21. The molecule has 12 heavy (non-hydrogen) atoms. The molecule has 5 heteroatoms. The molecule has 0 aliphatic carbocycles. The first-order valence-corrected chi connectivity index (χ1v) is 2.86. The average molecular weight is 178 g/mol. The molecule has 0 saturated carbocycles. The van der Waals surface area contributed by atoms with Crippen molar-refractivity contribution >= 4 is 29.0 Å². The molecule has 0 atom stereocenters. The number of carbonyl (C=O) groups is 1. The molecule has 0 heterocycles. The monoisotopic (exact) mass is 178 g/mol. The molecule has 0 spiro atoms. The van der Waals surface area contributed by atoms with E-state index in [2.05, 4.69) is 0 Å². The maximum Gasteiger partial charge on any atom is 2.00 e. The van der Waals surface area contributed by atoms with Gasteiger partial charge in [-0.3, -0.25) is 0 Å². The molecule has 1 rings (SSSR count). The van der Waals surface area contributed by atoms with Crippen LogP contribution in [0.15, 0.2) is 18.2 Å². The Kier molecular flexibility index (Phi) is 3.85. The Balaban J connectivity index is 0.00000121. The number of carboxylic acid groups (broad SMARTS) is 1. The van der Waals surface area contributed by atoms with Crippen LogP contribution in [0.5, 0.6) is 11.5 Å². The van der Waals surface area contributed by atoms with Gasteiger partial charge >= 0.3 is 29.0 Å². The molecule has 1 aromatic rings. The summed E-state index contributed by atoms with van der Waals surface area (Å²) in [6.07, 6.45) is 0. The predicted molar refractivity (Wildman–Crippen MR) is 42.5 cm³/mol. The maximum atomic E-state index is 10.3. The smallest absolute Gasteiger partial charge is 0.508 e. The summed E-state index contributed by atoms with van der Waals surface area (Å²) >= 11 is 0. The zero-order valence-corrected chi connectivity index (χ0v) is 7.60. The number of hydrogen-bond acceptors (Lipinski definition) is 3. The van der Waals surface area contributed by atoms with Crippen molar-refractivity contribution in [1.82, 2.24) is 0 Å². The van der Waals surface area contributed by atoms with Crippen LogP contribution in [-0.2, 0) is 0 Å². The molecule has 0 bridgehead atoms. The van der Waals surface area contributed by atoms with Crippen molar-refractivity contribution < 1.29 is 20.1 Å². The van der Waals surface area contributed by atoms with Crippen molar-refractivity contribution in [3.63, 3.8) is 0 Å². The third-order valence-electron chi connectivity index (χ3n) is 1.21. The van der Waals surface area contributed by atoms with Gasteiger partial charge in [0.2, 0.25) is 0 Å². The average Bonchev–Trinajstić information content (AvgIpc) is 1.94. The van der Waals surface area contributed by atoms with E-state index in [9.17, 15) is 4.79 Å². The summed E-state index contributed by atoms with van der Waals surface area (Å²) in [5.41, 5.74) is -0.301. The van der Waals surface area contributed by atoms with E-state index in [0.29, 0.717) is 0 Å². The zero-order chi connectivity index (χ0) is 8.43. The summed E-state index contributed by atoms with van der Waals surface area (Å²) in [6.45, 7) is 0. The first kappa shape index (κ1) is 11.1. The minimum Gasteiger partial charge on any atom is -0.508 e. The van der Waals surface area contributed by atoms with Gasteiger partial charge in [0.25, 0.3) is 0 Å². The second-order valence-corrected chi connectivity index (χ2v) is 2.01. The van der Waals surface area contributed by atoms with Gasteiger partial charge in [0.05, 0.1) is 0 Å². The van der Waals surface area contributed by atoms with Crippen LogP contribution in [0.4, 0.5) is 0 Å². The van der Waals surface area contributed by atoms with E-state index in [4.69, 9.17) is 15.3 Å². The second-order valence-electron chi connectivity index (χ2n) is 2.01. The van der Waals surface area contributed by atoms with Gasteiger partial charge in [0.1, 0.15) is 17.1 Å². The summed E-state index contributed by atoms with van der Waals surface area (Å²) in [7, 11) is 0. The molecule has 1 aromatic carbocycles. The number of hydrogen-bond donors (Lipinski definition) is 3. The van der Waals surface area contributed by atoms with Crippen LogP contribution in [0.1, 0.15) is 10.4 Å². The van der Waals surface area contributed by atoms with E-state index in [1.807, 2.05) is 0 Å². The Bertz CT molecular complexity index is 297. The summed E-state index contributed by atoms with van der Waals surface area (Å²) in [4.78, 5) is 10.3. The molecule has 0 aliphatic rings. The summed E-state index contributed by atoms with van der Waals surface area (Å²) in [6, 6.07) is 3.32. The van der Waals surface area contributed by atoms with Crippen LogP contribution in [0.3, 0.4) is 0 Å². The Morgan fingerprint density at radius 1 is 1.25 bits per heavy atom. The van der Waals surface area contributed by atoms with Crippen molar-refractivity contribution in [3.05, 3.63) is 23.8 Å². The fourth-order valence-electron chi connectivity index (χ4n) is 0.695. The van der Waals surface area contributed by atoms with E-state index < -0.39 is 5.97 Å². The molecule has 0 amide bonds. The summed E-state index contributed by atoms with van der Waals surface area (Å²) in [5.74, 6) is -1.80. The number of aromatic carboxylic acids is 1. The van der Waals surface area contributed by atoms with Gasteiger partial charge in [-0.15, -0.1) is 0 Å². The molecular weight excluding hydrogens is 172 g/mol. The van der Waals surface area contributed by atoms with Gasteiger partial charge in [-0.25, -0.2) is 4.79 Å². The number of rotatable bonds is 1. The Morgan fingerprint density at radius 2 is 1.83 bits per heavy atom. The number of phenols is 2. The third kappa shape index (κ3) is 2.28. The van der Waals surface area contributed by atoms with Crippen molar-refractivity contribution in [2.45, 2.75) is 0 Å². The van der Waals surface area contributed by atoms with Crippen molar-refractivity contribution in [2.75, 3.05) is 0 Å². The summed E-state index contributed by atoms with van der Waals surface area (Å²) < 4.78 is 0. The van der Waals surface area contributed by atoms with Gasteiger partial charge in [0.15, 0.2) is 0 Å². The fourth-order valence-corrected chi connectivity index (χ4v) is 0.695. The molecule has 0 fully saturated rings. The van der Waals surface area contributed by atoms with Gasteiger partial charge < -0.3 is 15.3 Å². The van der Waals surface area contributed by atoms with E-state index >= 15 is 0 Å². The van der Waals surface area contributed by atoms with Crippen LogP contribution in [0.25, 0.3) is 0 Å². The van der Waals surface area contributed by atoms with Crippen molar-refractivity contribution in [1.29, 1.82) is 0 Å². The second kappa shape index (κ2) is 4.17. The Morgan fingerprint density at radius 3 is 2.25 bits per heavy atom. The predicted octanol–water partition coefficient (Wildman–Crippen LogP) is 0.415. The number of phenolic OH excluding ortho intramolecular Hbond substituents is 1. The molecule has 3 N–H and O–H groups in total. The first-order valence-electron chi connectivity index (χ1n) is 2.86. The Labute approximate surface area is 84.6 Å². The maximum absolute atomic E-state index is 10.3. The van der Waals surface area contributed by atoms with Gasteiger partial charge in [-0.05, 0) is 18.2 Å². The SMILES string of the molecule is O=C(O)c1cc(O)ccc1O.[Mg+2]. The molecule has 0 aliphatic heterocycles. The van der Waals surface area contributed by atoms with Crippen LogP contribution in [0, 0.1) is 0 Å². The molecular formula is C7H6MgO4+2. The fraction of sp³-hybridized carbons (Fsp3) is 0. The van der Waals surface area contributed by atoms with E-state index in [-0.39, 0.29) is 40.1 Å². The van der Waals surface area contributed by atoms with Gasteiger partial charge in [0, 0.05) is 0 Å². The molecule has 4 nitrogen and oxygen atoms in total. The quantitative estimate of drug-likeness (QED) is 0.430. The zero-order valence-electron chi connectivity index (χ0n) is 6.19. The first-order chi connectivity index (χ1) is 5.11. The molecule has 0 saturated heterocycles. The largest absolute Gasteiger partial charge is 2.00 e. The van der Waals surface area contributed by atoms with Crippen LogP contribution < -0.4 is 0 Å².